The van der Waals surface area contributed by atoms with Crippen LogP contribution in [-0.2, 0) is 0 Å². The van der Waals surface area contributed by atoms with Crippen molar-refractivity contribution in [3.8, 4) is 11.8 Å². The highest BCUT2D eigenvalue weighted by Crippen LogP contribution is 1.89. The molecule has 0 aromatic rings. The van der Waals surface area contributed by atoms with Gasteiger partial charge < -0.3 is 5.73 Å². The number of rotatable bonds is 3. The number of hydrogen-bond acceptors (Lipinski definition) is 2. The van der Waals surface area contributed by atoms with Crippen LogP contribution in [0.2, 0.25) is 0 Å². The van der Waals surface area contributed by atoms with Gasteiger partial charge in [0, 0.05) is 18.0 Å². The number of nitrogens with zero attached hydrogens (tertiary/aromatic N) is 1. The lowest BCUT2D eigenvalue weighted by molar-refractivity contribution is 0.653. The second-order valence-corrected chi connectivity index (χ2v) is 2.37. The van der Waals surface area contributed by atoms with Gasteiger partial charge in [-0.15, -0.1) is 5.92 Å². The van der Waals surface area contributed by atoms with Crippen molar-refractivity contribution in [1.82, 2.24) is 0 Å². The SMILES string of the molecule is CC#CC/C=C(/N)CN=C=C(C)F. The predicted octanol–water partition coefficient (Wildman–Crippen LogP) is 1.79. The maximum atomic E-state index is 12.1. The molecule has 0 radical (unpaired) electrons. The zero-order chi connectivity index (χ0) is 10.1. The molecule has 0 saturated carbocycles. The predicted molar refractivity (Wildman–Crippen MR) is 52.9 cm³/mol. The second kappa shape index (κ2) is 7.15. The third-order valence-electron chi connectivity index (χ3n) is 1.14. The summed E-state index contributed by atoms with van der Waals surface area (Å²) in [6.45, 7) is 3.32. The van der Waals surface area contributed by atoms with Gasteiger partial charge in [0.1, 0.15) is 0 Å². The van der Waals surface area contributed by atoms with Crippen molar-refractivity contribution >= 4 is 5.87 Å². The van der Waals surface area contributed by atoms with E-state index < -0.39 is 5.83 Å². The highest BCUT2D eigenvalue weighted by atomic mass is 19.1. The Hall–Kier alpha value is -1.52. The van der Waals surface area contributed by atoms with Crippen LogP contribution in [0, 0.1) is 11.8 Å². The molecule has 0 aliphatic rings. The third-order valence-corrected chi connectivity index (χ3v) is 1.14. The van der Waals surface area contributed by atoms with E-state index in [-0.39, 0.29) is 6.54 Å². The molecule has 0 fully saturated rings. The molecule has 0 aliphatic carbocycles. The molecule has 0 bridgehead atoms. The van der Waals surface area contributed by atoms with Crippen LogP contribution in [0.1, 0.15) is 20.3 Å². The van der Waals surface area contributed by atoms with E-state index in [0.717, 1.165) is 0 Å². The van der Waals surface area contributed by atoms with E-state index in [9.17, 15) is 4.39 Å². The average Bonchev–Trinajstić information content (AvgIpc) is 2.04. The van der Waals surface area contributed by atoms with Gasteiger partial charge in [0.15, 0.2) is 5.83 Å². The summed E-state index contributed by atoms with van der Waals surface area (Å²) in [6, 6.07) is 0. The second-order valence-electron chi connectivity index (χ2n) is 2.37. The summed E-state index contributed by atoms with van der Waals surface area (Å²) < 4.78 is 12.1. The Kier molecular flexibility index (Phi) is 6.31. The largest absolute Gasteiger partial charge is 0.401 e. The summed E-state index contributed by atoms with van der Waals surface area (Å²) in [7, 11) is 0. The average molecular weight is 180 g/mol. The molecule has 0 saturated heterocycles. The number of aliphatic imine (C=N–C) groups is 1. The standard InChI is InChI=1S/C10H13FN2/c1-3-4-5-6-10(12)8-13-7-9(2)11/h6H,5,8,12H2,1-2H3/b10-6+. The molecule has 0 aromatic heterocycles. The van der Waals surface area contributed by atoms with Gasteiger partial charge in [-0.1, -0.05) is 12.0 Å². The van der Waals surface area contributed by atoms with Crippen LogP contribution in [0.25, 0.3) is 0 Å². The van der Waals surface area contributed by atoms with Gasteiger partial charge in [-0.25, -0.2) is 9.38 Å². The van der Waals surface area contributed by atoms with Crippen molar-refractivity contribution in [1.29, 1.82) is 0 Å². The molecule has 0 heterocycles. The molecule has 70 valence electrons. The van der Waals surface area contributed by atoms with Crippen molar-refractivity contribution in [2.24, 2.45) is 10.7 Å². The lowest BCUT2D eigenvalue weighted by Gasteiger charge is -1.91. The van der Waals surface area contributed by atoms with Crippen molar-refractivity contribution in [2.45, 2.75) is 20.3 Å². The highest BCUT2D eigenvalue weighted by Gasteiger charge is 1.84. The van der Waals surface area contributed by atoms with E-state index in [0.29, 0.717) is 12.1 Å². The van der Waals surface area contributed by atoms with Crippen LogP contribution in [0.5, 0.6) is 0 Å². The number of halogens is 1. The fraction of sp³-hybridized carbons (Fsp3) is 0.400. The molecule has 0 rings (SSSR count). The summed E-state index contributed by atoms with van der Waals surface area (Å²) in [5.74, 6) is 7.31. The monoisotopic (exact) mass is 180 g/mol. The Balaban J connectivity index is 3.98. The van der Waals surface area contributed by atoms with E-state index in [2.05, 4.69) is 22.7 Å². The van der Waals surface area contributed by atoms with Crippen molar-refractivity contribution < 1.29 is 4.39 Å². The van der Waals surface area contributed by atoms with Crippen LogP contribution in [0.4, 0.5) is 4.39 Å². The topological polar surface area (TPSA) is 38.4 Å². The molecule has 0 aliphatic heterocycles. The number of allylic oxidation sites excluding steroid dienone is 2. The first-order valence-electron chi connectivity index (χ1n) is 3.92. The van der Waals surface area contributed by atoms with Gasteiger partial charge >= 0.3 is 0 Å². The molecular formula is C10H13FN2. The van der Waals surface area contributed by atoms with Gasteiger partial charge in [0.2, 0.25) is 0 Å². The number of hydrogen-bond donors (Lipinski definition) is 1. The lowest BCUT2D eigenvalue weighted by atomic mass is 10.3. The van der Waals surface area contributed by atoms with Crippen molar-refractivity contribution in [2.75, 3.05) is 6.54 Å². The maximum absolute atomic E-state index is 12.1. The first-order valence-corrected chi connectivity index (χ1v) is 3.92. The Labute approximate surface area is 78.0 Å². The molecule has 0 aromatic carbocycles. The third kappa shape index (κ3) is 8.39. The molecule has 13 heavy (non-hydrogen) atoms. The van der Waals surface area contributed by atoms with Gasteiger partial charge in [-0.2, -0.15) is 0 Å². The fourth-order valence-electron chi connectivity index (χ4n) is 0.588. The molecule has 3 heteroatoms. The van der Waals surface area contributed by atoms with Crippen LogP contribution < -0.4 is 5.73 Å². The van der Waals surface area contributed by atoms with Crippen LogP contribution in [0.3, 0.4) is 0 Å². The van der Waals surface area contributed by atoms with Gasteiger partial charge in [-0.05, 0) is 13.8 Å². The Bertz CT molecular complexity index is 295. The van der Waals surface area contributed by atoms with E-state index in [1.807, 2.05) is 0 Å². The van der Waals surface area contributed by atoms with E-state index in [4.69, 9.17) is 5.73 Å². The molecule has 2 nitrogen and oxygen atoms in total. The zero-order valence-corrected chi connectivity index (χ0v) is 7.89. The fourth-order valence-corrected chi connectivity index (χ4v) is 0.588. The summed E-state index contributed by atoms with van der Waals surface area (Å²) in [5, 5.41) is 0. The van der Waals surface area contributed by atoms with Gasteiger partial charge in [0.25, 0.3) is 0 Å². The summed E-state index contributed by atoms with van der Waals surface area (Å²) in [4.78, 5) is 3.65. The summed E-state index contributed by atoms with van der Waals surface area (Å²) in [5.41, 5.74) is 6.11. The molecule has 0 spiro atoms. The summed E-state index contributed by atoms with van der Waals surface area (Å²) >= 11 is 0. The highest BCUT2D eigenvalue weighted by molar-refractivity contribution is 5.54. The molecule has 2 N–H and O–H groups in total. The Morgan fingerprint density at radius 1 is 1.62 bits per heavy atom. The normalized spacial score (nSPS) is 9.62. The minimum absolute atomic E-state index is 0.270. The van der Waals surface area contributed by atoms with Gasteiger partial charge in [0.05, 0.1) is 6.54 Å². The van der Waals surface area contributed by atoms with Crippen molar-refractivity contribution in [3.63, 3.8) is 0 Å². The number of nitrogens with two attached hydrogens (primary N) is 1. The van der Waals surface area contributed by atoms with Crippen LogP contribution in [0.15, 0.2) is 22.6 Å². The molecule has 0 atom stereocenters. The van der Waals surface area contributed by atoms with E-state index in [1.165, 1.54) is 6.92 Å². The first-order chi connectivity index (χ1) is 6.16. The van der Waals surface area contributed by atoms with Gasteiger partial charge in [-0.3, -0.25) is 0 Å². The minimum atomic E-state index is -0.443. The van der Waals surface area contributed by atoms with Crippen LogP contribution >= 0.6 is 0 Å². The van der Waals surface area contributed by atoms with E-state index in [1.54, 1.807) is 13.0 Å². The van der Waals surface area contributed by atoms with Crippen molar-refractivity contribution in [3.05, 3.63) is 17.6 Å². The zero-order valence-electron chi connectivity index (χ0n) is 7.89. The molecule has 0 amide bonds. The van der Waals surface area contributed by atoms with Crippen LogP contribution in [-0.4, -0.2) is 12.4 Å². The van der Waals surface area contributed by atoms with E-state index >= 15 is 0 Å². The smallest absolute Gasteiger partial charge is 0.157 e. The first kappa shape index (κ1) is 11.5. The molecular weight excluding hydrogens is 167 g/mol. The maximum Gasteiger partial charge on any atom is 0.157 e. The molecule has 0 unspecified atom stereocenters. The quantitative estimate of drug-likeness (QED) is 0.522. The Morgan fingerprint density at radius 2 is 2.31 bits per heavy atom. The minimum Gasteiger partial charge on any atom is -0.401 e. The summed E-state index contributed by atoms with van der Waals surface area (Å²) in [6.07, 6.45) is 2.37. The lowest BCUT2D eigenvalue weighted by Crippen LogP contribution is -2.00. The Morgan fingerprint density at radius 3 is 2.85 bits per heavy atom.